The van der Waals surface area contributed by atoms with Gasteiger partial charge in [0.25, 0.3) is 5.56 Å². The summed E-state index contributed by atoms with van der Waals surface area (Å²) in [6.07, 6.45) is 3.37. The van der Waals surface area contributed by atoms with Crippen LogP contribution in [0.5, 0.6) is 0 Å². The summed E-state index contributed by atoms with van der Waals surface area (Å²) >= 11 is 0. The van der Waals surface area contributed by atoms with Crippen LogP contribution in [0.25, 0.3) is 33.3 Å². The minimum atomic E-state index is -0.157. The number of pyridine rings is 2. The molecule has 3 heterocycles. The average molecular weight is 262 g/mol. The van der Waals surface area contributed by atoms with Crippen molar-refractivity contribution >= 4 is 21.9 Å². The summed E-state index contributed by atoms with van der Waals surface area (Å²) in [4.78, 5) is 26.6. The van der Waals surface area contributed by atoms with Crippen molar-refractivity contribution in [2.75, 3.05) is 0 Å². The summed E-state index contributed by atoms with van der Waals surface area (Å²) in [5.74, 6) is 0.556. The third-order valence-electron chi connectivity index (χ3n) is 3.29. The van der Waals surface area contributed by atoms with Crippen LogP contribution in [0.3, 0.4) is 0 Å². The maximum Gasteiger partial charge on any atom is 0.259 e. The molecule has 5 heteroatoms. The molecule has 0 fully saturated rings. The summed E-state index contributed by atoms with van der Waals surface area (Å²) < 4.78 is 0. The SMILES string of the molecule is O=c1[nH]c2ccccc2cc1-c1nc2ccncc2[nH]1. The van der Waals surface area contributed by atoms with Gasteiger partial charge >= 0.3 is 0 Å². The zero-order valence-electron chi connectivity index (χ0n) is 10.4. The molecule has 0 radical (unpaired) electrons. The highest BCUT2D eigenvalue weighted by atomic mass is 16.1. The normalized spacial score (nSPS) is 11.2. The average Bonchev–Trinajstić information content (AvgIpc) is 2.90. The van der Waals surface area contributed by atoms with Crippen molar-refractivity contribution < 1.29 is 0 Å². The summed E-state index contributed by atoms with van der Waals surface area (Å²) in [7, 11) is 0. The monoisotopic (exact) mass is 262 g/mol. The number of H-pyrrole nitrogens is 2. The van der Waals surface area contributed by atoms with Gasteiger partial charge in [-0.25, -0.2) is 4.98 Å². The number of aromatic nitrogens is 4. The number of para-hydroxylation sites is 1. The van der Waals surface area contributed by atoms with Crippen molar-refractivity contribution in [1.82, 2.24) is 19.9 Å². The minimum Gasteiger partial charge on any atom is -0.337 e. The van der Waals surface area contributed by atoms with Gasteiger partial charge in [0.05, 0.1) is 22.8 Å². The Kier molecular flexibility index (Phi) is 2.20. The Balaban J connectivity index is 2.01. The lowest BCUT2D eigenvalue weighted by molar-refractivity contribution is 1.25. The fourth-order valence-electron chi connectivity index (χ4n) is 2.31. The van der Waals surface area contributed by atoms with Gasteiger partial charge in [-0.2, -0.15) is 0 Å². The number of fused-ring (bicyclic) bond motifs is 2. The molecule has 0 unspecified atom stereocenters. The van der Waals surface area contributed by atoms with Crippen LogP contribution in [0.4, 0.5) is 0 Å². The molecule has 0 aliphatic rings. The Labute approximate surface area is 113 Å². The van der Waals surface area contributed by atoms with Crippen molar-refractivity contribution in [1.29, 1.82) is 0 Å². The Hall–Kier alpha value is -2.95. The number of imidazole rings is 1. The Morgan fingerprint density at radius 3 is 2.80 bits per heavy atom. The van der Waals surface area contributed by atoms with Crippen molar-refractivity contribution in [3.8, 4) is 11.4 Å². The molecule has 5 nitrogen and oxygen atoms in total. The van der Waals surface area contributed by atoms with Crippen LogP contribution in [0.15, 0.2) is 53.6 Å². The lowest BCUT2D eigenvalue weighted by Gasteiger charge is -2.00. The van der Waals surface area contributed by atoms with Gasteiger partial charge in [0, 0.05) is 11.7 Å². The molecule has 20 heavy (non-hydrogen) atoms. The molecule has 4 rings (SSSR count). The molecule has 0 aliphatic heterocycles. The molecule has 3 aromatic heterocycles. The second kappa shape index (κ2) is 4.03. The summed E-state index contributed by atoms with van der Waals surface area (Å²) in [5.41, 5.74) is 2.80. The Bertz CT molecular complexity index is 951. The minimum absolute atomic E-state index is 0.157. The quantitative estimate of drug-likeness (QED) is 0.553. The third-order valence-corrected chi connectivity index (χ3v) is 3.29. The molecule has 0 aliphatic carbocycles. The summed E-state index contributed by atoms with van der Waals surface area (Å²) in [5, 5.41) is 0.973. The van der Waals surface area contributed by atoms with E-state index in [0.29, 0.717) is 11.4 Å². The number of nitrogens with zero attached hydrogens (tertiary/aromatic N) is 2. The Morgan fingerprint density at radius 2 is 1.90 bits per heavy atom. The van der Waals surface area contributed by atoms with Crippen LogP contribution in [0.1, 0.15) is 0 Å². The van der Waals surface area contributed by atoms with Crippen LogP contribution in [0.2, 0.25) is 0 Å². The molecule has 0 bridgehead atoms. The van der Waals surface area contributed by atoms with Gasteiger partial charge in [-0.3, -0.25) is 9.78 Å². The maximum absolute atomic E-state index is 12.2. The van der Waals surface area contributed by atoms with E-state index in [1.165, 1.54) is 0 Å². The molecule has 0 spiro atoms. The number of benzene rings is 1. The van der Waals surface area contributed by atoms with Gasteiger partial charge in [-0.1, -0.05) is 18.2 Å². The zero-order valence-corrected chi connectivity index (χ0v) is 10.4. The predicted molar refractivity (Wildman–Crippen MR) is 77.5 cm³/mol. The molecule has 0 atom stereocenters. The Morgan fingerprint density at radius 1 is 1.00 bits per heavy atom. The van der Waals surface area contributed by atoms with E-state index in [2.05, 4.69) is 19.9 Å². The maximum atomic E-state index is 12.2. The van der Waals surface area contributed by atoms with Crippen molar-refractivity contribution in [3.63, 3.8) is 0 Å². The second-order valence-electron chi connectivity index (χ2n) is 4.58. The smallest absolute Gasteiger partial charge is 0.259 e. The molecule has 0 saturated carbocycles. The predicted octanol–water partition coefficient (Wildman–Crippen LogP) is 2.47. The number of rotatable bonds is 1. The van der Waals surface area contributed by atoms with Crippen LogP contribution in [-0.4, -0.2) is 19.9 Å². The fraction of sp³-hybridized carbons (Fsp3) is 0. The summed E-state index contributed by atoms with van der Waals surface area (Å²) in [6, 6.07) is 11.3. The van der Waals surface area contributed by atoms with Crippen LogP contribution >= 0.6 is 0 Å². The van der Waals surface area contributed by atoms with E-state index in [1.54, 1.807) is 12.4 Å². The first-order valence-electron chi connectivity index (χ1n) is 6.23. The van der Waals surface area contributed by atoms with E-state index in [-0.39, 0.29) is 5.56 Å². The first-order chi connectivity index (χ1) is 9.81. The molecule has 1 aromatic carbocycles. The van der Waals surface area contributed by atoms with Crippen molar-refractivity contribution in [3.05, 3.63) is 59.1 Å². The first-order valence-corrected chi connectivity index (χ1v) is 6.23. The zero-order chi connectivity index (χ0) is 13.5. The molecular formula is C15H10N4O. The molecular weight excluding hydrogens is 252 g/mol. The van der Waals surface area contributed by atoms with E-state index in [9.17, 15) is 4.79 Å². The summed E-state index contributed by atoms with van der Waals surface area (Å²) in [6.45, 7) is 0. The van der Waals surface area contributed by atoms with Crippen molar-refractivity contribution in [2.45, 2.75) is 0 Å². The largest absolute Gasteiger partial charge is 0.337 e. The number of hydrogen-bond acceptors (Lipinski definition) is 3. The van der Waals surface area contributed by atoms with E-state index >= 15 is 0 Å². The van der Waals surface area contributed by atoms with Gasteiger partial charge in [0.15, 0.2) is 0 Å². The van der Waals surface area contributed by atoms with Gasteiger partial charge in [-0.05, 0) is 23.6 Å². The molecule has 0 saturated heterocycles. The highest BCUT2D eigenvalue weighted by Crippen LogP contribution is 2.19. The fourth-order valence-corrected chi connectivity index (χ4v) is 2.31. The lowest BCUT2D eigenvalue weighted by Crippen LogP contribution is -2.09. The van der Waals surface area contributed by atoms with Gasteiger partial charge in [0.2, 0.25) is 0 Å². The highest BCUT2D eigenvalue weighted by molar-refractivity contribution is 5.84. The van der Waals surface area contributed by atoms with E-state index < -0.39 is 0 Å². The van der Waals surface area contributed by atoms with Crippen LogP contribution in [-0.2, 0) is 0 Å². The van der Waals surface area contributed by atoms with Crippen LogP contribution in [0, 0.1) is 0 Å². The van der Waals surface area contributed by atoms with E-state index in [1.807, 2.05) is 36.4 Å². The standard InChI is InChI=1S/C15H10N4O/c20-15-10(7-9-3-1-2-4-11(9)19-15)14-17-12-5-6-16-8-13(12)18-14/h1-8H,(H,17,18)(H,19,20). The van der Waals surface area contributed by atoms with Gasteiger partial charge in [0.1, 0.15) is 5.82 Å². The molecule has 0 amide bonds. The third kappa shape index (κ3) is 1.60. The van der Waals surface area contributed by atoms with Gasteiger partial charge in [-0.15, -0.1) is 0 Å². The van der Waals surface area contributed by atoms with E-state index in [0.717, 1.165) is 21.9 Å². The molecule has 2 N–H and O–H groups in total. The van der Waals surface area contributed by atoms with Crippen molar-refractivity contribution in [2.24, 2.45) is 0 Å². The molecule has 4 aromatic rings. The molecule has 96 valence electrons. The number of hydrogen-bond donors (Lipinski definition) is 2. The van der Waals surface area contributed by atoms with Crippen LogP contribution < -0.4 is 5.56 Å². The number of aromatic amines is 2. The van der Waals surface area contributed by atoms with E-state index in [4.69, 9.17) is 0 Å². The number of nitrogens with one attached hydrogen (secondary N) is 2. The topological polar surface area (TPSA) is 74.4 Å². The lowest BCUT2D eigenvalue weighted by atomic mass is 10.1. The second-order valence-corrected chi connectivity index (χ2v) is 4.58. The van der Waals surface area contributed by atoms with Gasteiger partial charge < -0.3 is 9.97 Å². The highest BCUT2D eigenvalue weighted by Gasteiger charge is 2.10. The first kappa shape index (κ1) is 10.9.